The molecule has 9 heteroatoms. The van der Waals surface area contributed by atoms with Gasteiger partial charge in [-0.25, -0.2) is 0 Å². The average Bonchev–Trinajstić information content (AvgIpc) is 2.99. The number of thiophene rings is 1. The molecule has 3 amide bonds. The van der Waals surface area contributed by atoms with Crippen LogP contribution < -0.4 is 25.8 Å². The Labute approximate surface area is 173 Å². The minimum atomic E-state index is -0.625. The molecule has 0 aliphatic rings. The zero-order valence-corrected chi connectivity index (χ0v) is 17.9. The van der Waals surface area contributed by atoms with Crippen molar-refractivity contribution in [2.45, 2.75) is 27.7 Å². The number of hydrogen-bond donors (Lipinski definition) is 3. The molecule has 0 saturated heterocycles. The molecule has 0 bridgehead atoms. The number of rotatable bonds is 7. The first-order valence-corrected chi connectivity index (χ1v) is 9.65. The molecule has 1 aromatic heterocycles. The maximum atomic E-state index is 12.7. The third kappa shape index (κ3) is 5.95. The molecular formula is C20H25N3O5S. The van der Waals surface area contributed by atoms with E-state index in [2.05, 4.69) is 10.6 Å². The van der Waals surface area contributed by atoms with E-state index in [4.69, 9.17) is 15.2 Å². The third-order valence-corrected chi connectivity index (χ3v) is 4.98. The predicted octanol–water partition coefficient (Wildman–Crippen LogP) is 3.17. The summed E-state index contributed by atoms with van der Waals surface area (Å²) in [6.07, 6.45) is 0. The lowest BCUT2D eigenvalue weighted by Crippen LogP contribution is -2.27. The van der Waals surface area contributed by atoms with Crippen molar-refractivity contribution < 1.29 is 23.9 Å². The first kappa shape index (κ1) is 22.2. The van der Waals surface area contributed by atoms with E-state index in [-0.39, 0.29) is 24.2 Å². The van der Waals surface area contributed by atoms with Crippen LogP contribution in [0.1, 0.15) is 36.0 Å². The van der Waals surface area contributed by atoms with Gasteiger partial charge in [0.2, 0.25) is 5.91 Å². The molecule has 29 heavy (non-hydrogen) atoms. The molecule has 4 N–H and O–H groups in total. The molecule has 0 spiro atoms. The summed E-state index contributed by atoms with van der Waals surface area (Å²) in [5, 5.41) is 6.22. The van der Waals surface area contributed by atoms with E-state index in [1.165, 1.54) is 18.4 Å². The number of ether oxygens (including phenoxy) is 2. The highest BCUT2D eigenvalue weighted by Gasteiger charge is 2.23. The number of methoxy groups -OCH3 is 1. The number of carbonyl (C=O) groups is 3. The number of nitrogens with two attached hydrogens (primary N) is 1. The van der Waals surface area contributed by atoms with Gasteiger partial charge in [0.25, 0.3) is 11.8 Å². The molecule has 0 atom stereocenters. The van der Waals surface area contributed by atoms with Crippen molar-refractivity contribution in [1.29, 1.82) is 0 Å². The van der Waals surface area contributed by atoms with Crippen LogP contribution in [0.2, 0.25) is 0 Å². The van der Waals surface area contributed by atoms with Gasteiger partial charge in [0.1, 0.15) is 0 Å². The number of anilines is 2. The van der Waals surface area contributed by atoms with Crippen LogP contribution in [0.15, 0.2) is 24.3 Å². The molecule has 0 radical (unpaired) electrons. The Hall–Kier alpha value is -3.07. The zero-order chi connectivity index (χ0) is 21.8. The fourth-order valence-corrected chi connectivity index (χ4v) is 3.24. The lowest BCUT2D eigenvalue weighted by Gasteiger charge is -2.16. The number of aryl methyl sites for hydroxylation is 1. The van der Waals surface area contributed by atoms with Crippen LogP contribution in [0.3, 0.4) is 0 Å². The second kappa shape index (κ2) is 8.95. The fourth-order valence-electron chi connectivity index (χ4n) is 2.27. The van der Waals surface area contributed by atoms with Crippen molar-refractivity contribution >= 4 is 39.7 Å². The van der Waals surface area contributed by atoms with Crippen molar-refractivity contribution in [1.82, 2.24) is 0 Å². The van der Waals surface area contributed by atoms with Gasteiger partial charge in [0.15, 0.2) is 18.1 Å². The van der Waals surface area contributed by atoms with Crippen LogP contribution in [0.4, 0.5) is 10.7 Å². The SMILES string of the molecule is COc1ccc(NC(=O)c2sc(NC(=O)C(C)(C)C)cc2C)cc1OCC(N)=O. The summed E-state index contributed by atoms with van der Waals surface area (Å²) >= 11 is 1.20. The third-order valence-electron chi connectivity index (χ3n) is 3.83. The molecule has 156 valence electrons. The summed E-state index contributed by atoms with van der Waals surface area (Å²) in [5.41, 5.74) is 5.77. The second-order valence-electron chi connectivity index (χ2n) is 7.40. The summed E-state index contributed by atoms with van der Waals surface area (Å²) < 4.78 is 10.5. The van der Waals surface area contributed by atoms with Gasteiger partial charge < -0.3 is 25.8 Å². The number of amides is 3. The van der Waals surface area contributed by atoms with Crippen LogP contribution in [0, 0.1) is 12.3 Å². The summed E-state index contributed by atoms with van der Waals surface area (Å²) in [6.45, 7) is 6.94. The first-order chi connectivity index (χ1) is 13.5. The maximum Gasteiger partial charge on any atom is 0.266 e. The first-order valence-electron chi connectivity index (χ1n) is 8.83. The fraction of sp³-hybridized carbons (Fsp3) is 0.350. The van der Waals surface area contributed by atoms with E-state index in [9.17, 15) is 14.4 Å². The maximum absolute atomic E-state index is 12.7. The normalized spacial score (nSPS) is 10.9. The van der Waals surface area contributed by atoms with Crippen molar-refractivity contribution in [2.75, 3.05) is 24.4 Å². The standard InChI is InChI=1S/C20H25N3O5S/c1-11-8-16(23-19(26)20(2,3)4)29-17(11)18(25)22-12-6-7-13(27-5)14(9-12)28-10-15(21)24/h6-9H,10H2,1-5H3,(H2,21,24)(H,22,25)(H,23,26). The molecule has 8 nitrogen and oxygen atoms in total. The Morgan fingerprint density at radius 1 is 1.10 bits per heavy atom. The van der Waals surface area contributed by atoms with Crippen LogP contribution >= 0.6 is 11.3 Å². The zero-order valence-electron chi connectivity index (χ0n) is 17.0. The Balaban J connectivity index is 2.17. The molecular weight excluding hydrogens is 394 g/mol. The van der Waals surface area contributed by atoms with Crippen LogP contribution in [-0.4, -0.2) is 31.4 Å². The van der Waals surface area contributed by atoms with Gasteiger partial charge in [-0.15, -0.1) is 11.3 Å². The van der Waals surface area contributed by atoms with E-state index in [0.717, 1.165) is 5.56 Å². The topological polar surface area (TPSA) is 120 Å². The quantitative estimate of drug-likeness (QED) is 0.637. The Bertz CT molecular complexity index is 931. The summed E-state index contributed by atoms with van der Waals surface area (Å²) in [7, 11) is 1.47. The molecule has 0 aliphatic heterocycles. The van der Waals surface area contributed by atoms with E-state index >= 15 is 0 Å². The molecule has 2 aromatic rings. The van der Waals surface area contributed by atoms with Gasteiger partial charge in [-0.05, 0) is 30.7 Å². The predicted molar refractivity (Wildman–Crippen MR) is 113 cm³/mol. The molecule has 0 aliphatic carbocycles. The minimum Gasteiger partial charge on any atom is -0.493 e. The molecule has 1 aromatic carbocycles. The molecule has 0 saturated carbocycles. The largest absolute Gasteiger partial charge is 0.493 e. The Morgan fingerprint density at radius 3 is 2.38 bits per heavy atom. The monoisotopic (exact) mass is 419 g/mol. The van der Waals surface area contributed by atoms with Crippen molar-refractivity contribution in [3.8, 4) is 11.5 Å². The van der Waals surface area contributed by atoms with Gasteiger partial charge >= 0.3 is 0 Å². The number of benzene rings is 1. The highest BCUT2D eigenvalue weighted by Crippen LogP contribution is 2.32. The highest BCUT2D eigenvalue weighted by atomic mass is 32.1. The number of carbonyl (C=O) groups excluding carboxylic acids is 3. The van der Waals surface area contributed by atoms with Gasteiger partial charge in [-0.3, -0.25) is 14.4 Å². The smallest absolute Gasteiger partial charge is 0.266 e. The van der Waals surface area contributed by atoms with Gasteiger partial charge in [-0.1, -0.05) is 20.8 Å². The summed E-state index contributed by atoms with van der Waals surface area (Å²) in [4.78, 5) is 36.3. The molecule has 2 rings (SSSR count). The lowest BCUT2D eigenvalue weighted by atomic mass is 9.96. The van der Waals surface area contributed by atoms with Crippen molar-refractivity contribution in [2.24, 2.45) is 11.1 Å². The summed E-state index contributed by atoms with van der Waals surface area (Å²) in [6, 6.07) is 6.57. The van der Waals surface area contributed by atoms with Crippen molar-refractivity contribution in [3.05, 3.63) is 34.7 Å². The summed E-state index contributed by atoms with van der Waals surface area (Å²) in [5.74, 6) is -0.388. The minimum absolute atomic E-state index is 0.128. The van der Waals surface area contributed by atoms with Crippen LogP contribution in [-0.2, 0) is 9.59 Å². The van der Waals surface area contributed by atoms with E-state index in [1.807, 2.05) is 20.8 Å². The molecule has 0 fully saturated rings. The van der Waals surface area contributed by atoms with Crippen LogP contribution in [0.25, 0.3) is 0 Å². The number of nitrogens with one attached hydrogen (secondary N) is 2. The van der Waals surface area contributed by atoms with E-state index in [0.29, 0.717) is 21.3 Å². The number of primary amides is 1. The Morgan fingerprint density at radius 2 is 1.79 bits per heavy atom. The molecule has 0 unspecified atom stereocenters. The number of hydrogen-bond acceptors (Lipinski definition) is 6. The Kier molecular flexibility index (Phi) is 6.86. The second-order valence-corrected chi connectivity index (χ2v) is 8.45. The van der Waals surface area contributed by atoms with Gasteiger partial charge in [0.05, 0.1) is 17.0 Å². The van der Waals surface area contributed by atoms with Gasteiger partial charge in [0, 0.05) is 17.2 Å². The van der Waals surface area contributed by atoms with Crippen LogP contribution in [0.5, 0.6) is 11.5 Å². The van der Waals surface area contributed by atoms with E-state index < -0.39 is 11.3 Å². The van der Waals surface area contributed by atoms with E-state index in [1.54, 1.807) is 31.2 Å². The molecule has 1 heterocycles. The lowest BCUT2D eigenvalue weighted by molar-refractivity contribution is -0.123. The average molecular weight is 420 g/mol. The highest BCUT2D eigenvalue weighted by molar-refractivity contribution is 7.18. The van der Waals surface area contributed by atoms with Crippen molar-refractivity contribution in [3.63, 3.8) is 0 Å². The van der Waals surface area contributed by atoms with Gasteiger partial charge in [-0.2, -0.15) is 0 Å².